The minimum atomic E-state index is 0.479. The van der Waals surface area contributed by atoms with Crippen molar-refractivity contribution in [3.05, 3.63) is 24.2 Å². The molecule has 2 aromatic rings. The average Bonchev–Trinajstić information content (AvgIpc) is 2.72. The van der Waals surface area contributed by atoms with Crippen LogP contribution in [0.2, 0.25) is 0 Å². The molecule has 0 aromatic carbocycles. The monoisotopic (exact) mass is 235 g/mol. The van der Waals surface area contributed by atoms with Crippen LogP contribution in [0, 0.1) is 0 Å². The average molecular weight is 235 g/mol. The van der Waals surface area contributed by atoms with E-state index >= 15 is 0 Å². The second kappa shape index (κ2) is 4.43. The van der Waals surface area contributed by atoms with Gasteiger partial charge in [0.05, 0.1) is 0 Å². The number of hydrogen-bond donors (Lipinski definition) is 1. The van der Waals surface area contributed by atoms with E-state index in [0.717, 1.165) is 30.2 Å². The van der Waals surface area contributed by atoms with Gasteiger partial charge in [-0.25, -0.2) is 4.98 Å². The molecule has 5 heteroatoms. The Kier molecular flexibility index (Phi) is 2.80. The number of thioether (sulfide) groups is 1. The zero-order valence-corrected chi connectivity index (χ0v) is 9.67. The highest BCUT2D eigenvalue weighted by Crippen LogP contribution is 2.16. The molecule has 1 N–H and O–H groups in total. The molecule has 3 heterocycles. The fourth-order valence-corrected chi connectivity index (χ4v) is 2.81. The van der Waals surface area contributed by atoms with Gasteiger partial charge in [0, 0.05) is 36.7 Å². The summed E-state index contributed by atoms with van der Waals surface area (Å²) in [6, 6.07) is 4.25. The third-order valence-corrected chi connectivity index (χ3v) is 3.76. The highest BCUT2D eigenvalue weighted by atomic mass is 32.2. The van der Waals surface area contributed by atoms with E-state index < -0.39 is 0 Å². The molecule has 1 aliphatic rings. The van der Waals surface area contributed by atoms with Crippen LogP contribution in [0.4, 0.5) is 0 Å². The normalized spacial score (nSPS) is 21.4. The summed E-state index contributed by atoms with van der Waals surface area (Å²) in [5.41, 5.74) is 1.49. The van der Waals surface area contributed by atoms with Crippen molar-refractivity contribution in [3.63, 3.8) is 0 Å². The van der Waals surface area contributed by atoms with E-state index in [4.69, 9.17) is 4.42 Å². The number of nitrogens with one attached hydrogen (secondary N) is 1. The van der Waals surface area contributed by atoms with E-state index in [1.807, 2.05) is 23.9 Å². The highest BCUT2D eigenvalue weighted by Gasteiger charge is 2.16. The van der Waals surface area contributed by atoms with Crippen molar-refractivity contribution < 1.29 is 4.42 Å². The first-order valence-corrected chi connectivity index (χ1v) is 6.59. The lowest BCUT2D eigenvalue weighted by Crippen LogP contribution is -2.38. The smallest absolute Gasteiger partial charge is 0.198 e. The van der Waals surface area contributed by atoms with Crippen molar-refractivity contribution >= 4 is 23.0 Å². The molecule has 16 heavy (non-hydrogen) atoms. The first kappa shape index (κ1) is 10.1. The van der Waals surface area contributed by atoms with Crippen LogP contribution in [0.3, 0.4) is 0 Å². The van der Waals surface area contributed by atoms with Crippen LogP contribution in [-0.2, 0) is 6.42 Å². The molecule has 84 valence electrons. The maximum absolute atomic E-state index is 5.65. The number of pyridine rings is 1. The Morgan fingerprint density at radius 2 is 2.56 bits per heavy atom. The molecular formula is C11H13N3OS. The van der Waals surface area contributed by atoms with E-state index in [9.17, 15) is 0 Å². The van der Waals surface area contributed by atoms with Gasteiger partial charge in [0.25, 0.3) is 0 Å². The van der Waals surface area contributed by atoms with Gasteiger partial charge < -0.3 is 9.73 Å². The molecule has 3 rings (SSSR count). The molecule has 4 nitrogen and oxygen atoms in total. The molecule has 1 fully saturated rings. The number of rotatable bonds is 2. The van der Waals surface area contributed by atoms with Gasteiger partial charge in [0.15, 0.2) is 17.1 Å². The number of fused-ring (bicyclic) bond motifs is 1. The van der Waals surface area contributed by atoms with Gasteiger partial charge in [0.2, 0.25) is 0 Å². The van der Waals surface area contributed by atoms with Crippen LogP contribution in [0.5, 0.6) is 0 Å². The molecule has 2 aromatic heterocycles. The molecule has 0 bridgehead atoms. The molecule has 0 spiro atoms. The summed E-state index contributed by atoms with van der Waals surface area (Å²) in [6.07, 6.45) is 2.59. The summed E-state index contributed by atoms with van der Waals surface area (Å²) in [6.45, 7) is 1.08. The van der Waals surface area contributed by atoms with Gasteiger partial charge in [-0.3, -0.25) is 0 Å². The Morgan fingerprint density at radius 1 is 1.56 bits per heavy atom. The quantitative estimate of drug-likeness (QED) is 0.854. The predicted octanol–water partition coefficient (Wildman–Crippen LogP) is 1.47. The van der Waals surface area contributed by atoms with Crippen LogP contribution in [0.1, 0.15) is 5.89 Å². The standard InChI is InChI=1S/C11H13N3OS/c1-2-9-11(13-3-1)14-10(15-9)6-8-7-16-5-4-12-8/h1-3,8,12H,4-7H2. The summed E-state index contributed by atoms with van der Waals surface area (Å²) >= 11 is 1.98. The minimum absolute atomic E-state index is 0.479. The van der Waals surface area contributed by atoms with Gasteiger partial charge in [-0.1, -0.05) is 0 Å². The van der Waals surface area contributed by atoms with Gasteiger partial charge in [0.1, 0.15) is 0 Å². The molecule has 0 radical (unpaired) electrons. The van der Waals surface area contributed by atoms with E-state index in [1.165, 1.54) is 5.75 Å². The molecule has 0 amide bonds. The summed E-state index contributed by atoms with van der Waals surface area (Å²) in [4.78, 5) is 8.54. The second-order valence-electron chi connectivity index (χ2n) is 3.86. The summed E-state index contributed by atoms with van der Waals surface area (Å²) in [5, 5.41) is 3.47. The zero-order chi connectivity index (χ0) is 10.8. The molecule has 0 saturated carbocycles. The summed E-state index contributed by atoms with van der Waals surface area (Å²) < 4.78 is 5.65. The van der Waals surface area contributed by atoms with Crippen molar-refractivity contribution in [3.8, 4) is 0 Å². The first-order chi connectivity index (χ1) is 7.92. The van der Waals surface area contributed by atoms with Gasteiger partial charge >= 0.3 is 0 Å². The number of hydrogen-bond acceptors (Lipinski definition) is 5. The maximum atomic E-state index is 5.65. The van der Waals surface area contributed by atoms with Crippen LogP contribution < -0.4 is 5.32 Å². The Labute approximate surface area is 97.8 Å². The Balaban J connectivity index is 1.78. The third-order valence-electron chi connectivity index (χ3n) is 2.63. The van der Waals surface area contributed by atoms with Crippen molar-refractivity contribution in [1.82, 2.24) is 15.3 Å². The van der Waals surface area contributed by atoms with Gasteiger partial charge in [-0.05, 0) is 12.1 Å². The fourth-order valence-electron chi connectivity index (χ4n) is 1.86. The van der Waals surface area contributed by atoms with Crippen molar-refractivity contribution in [2.24, 2.45) is 0 Å². The van der Waals surface area contributed by atoms with E-state index in [0.29, 0.717) is 11.7 Å². The van der Waals surface area contributed by atoms with Crippen LogP contribution in [-0.4, -0.2) is 34.1 Å². The lowest BCUT2D eigenvalue weighted by atomic mass is 10.2. The lowest BCUT2D eigenvalue weighted by Gasteiger charge is -2.21. The topological polar surface area (TPSA) is 51.0 Å². The molecule has 1 unspecified atom stereocenters. The Morgan fingerprint density at radius 3 is 3.38 bits per heavy atom. The fraction of sp³-hybridized carbons (Fsp3) is 0.455. The number of oxazole rings is 1. The molecule has 0 aliphatic carbocycles. The van der Waals surface area contributed by atoms with Crippen molar-refractivity contribution in [2.75, 3.05) is 18.1 Å². The Hall–Kier alpha value is -1.07. The van der Waals surface area contributed by atoms with Crippen LogP contribution >= 0.6 is 11.8 Å². The van der Waals surface area contributed by atoms with Gasteiger partial charge in [-0.15, -0.1) is 0 Å². The molecule has 1 saturated heterocycles. The van der Waals surface area contributed by atoms with E-state index in [-0.39, 0.29) is 0 Å². The van der Waals surface area contributed by atoms with Crippen molar-refractivity contribution in [1.29, 1.82) is 0 Å². The van der Waals surface area contributed by atoms with Crippen LogP contribution in [0.15, 0.2) is 22.7 Å². The van der Waals surface area contributed by atoms with E-state index in [1.54, 1.807) is 6.20 Å². The summed E-state index contributed by atoms with van der Waals surface area (Å²) in [5.74, 6) is 3.12. The maximum Gasteiger partial charge on any atom is 0.198 e. The Bertz CT molecular complexity index is 446. The molecule has 1 atom stereocenters. The predicted molar refractivity (Wildman–Crippen MR) is 64.6 cm³/mol. The largest absolute Gasteiger partial charge is 0.439 e. The van der Waals surface area contributed by atoms with Gasteiger partial charge in [-0.2, -0.15) is 16.7 Å². The molecular weight excluding hydrogens is 222 g/mol. The van der Waals surface area contributed by atoms with Crippen LogP contribution in [0.25, 0.3) is 11.2 Å². The lowest BCUT2D eigenvalue weighted by molar-refractivity contribution is 0.469. The summed E-state index contributed by atoms with van der Waals surface area (Å²) in [7, 11) is 0. The van der Waals surface area contributed by atoms with Crippen molar-refractivity contribution in [2.45, 2.75) is 12.5 Å². The third kappa shape index (κ3) is 2.05. The number of aromatic nitrogens is 2. The minimum Gasteiger partial charge on any atom is -0.439 e. The first-order valence-electron chi connectivity index (χ1n) is 5.43. The number of nitrogens with zero attached hydrogens (tertiary/aromatic N) is 2. The SMILES string of the molecule is c1cnc2nc(CC3CSCCN3)oc2c1. The highest BCUT2D eigenvalue weighted by molar-refractivity contribution is 7.99. The second-order valence-corrected chi connectivity index (χ2v) is 5.01. The zero-order valence-electron chi connectivity index (χ0n) is 8.85. The molecule has 1 aliphatic heterocycles. The van der Waals surface area contributed by atoms with E-state index in [2.05, 4.69) is 15.3 Å².